The lowest BCUT2D eigenvalue weighted by Gasteiger charge is -2.33. The highest BCUT2D eigenvalue weighted by molar-refractivity contribution is 5.87. The summed E-state index contributed by atoms with van der Waals surface area (Å²) in [5.41, 5.74) is 1.25. The summed E-state index contributed by atoms with van der Waals surface area (Å²) in [5, 5.41) is 12.1. The van der Waals surface area contributed by atoms with E-state index in [0.717, 1.165) is 37.9 Å². The summed E-state index contributed by atoms with van der Waals surface area (Å²) < 4.78 is 5.73. The summed E-state index contributed by atoms with van der Waals surface area (Å²) in [6.45, 7) is 0.817. The maximum Gasteiger partial charge on any atom is 0.335 e. The minimum atomic E-state index is -0.931. The van der Waals surface area contributed by atoms with Crippen molar-refractivity contribution in [2.24, 2.45) is 5.92 Å². The van der Waals surface area contributed by atoms with Gasteiger partial charge in [-0.1, -0.05) is 12.1 Å². The van der Waals surface area contributed by atoms with Gasteiger partial charge in [0.2, 0.25) is 5.91 Å². The van der Waals surface area contributed by atoms with Gasteiger partial charge in [-0.25, -0.2) is 4.79 Å². The largest absolute Gasteiger partial charge is 0.478 e. The molecule has 2 fully saturated rings. The van der Waals surface area contributed by atoms with Gasteiger partial charge < -0.3 is 15.2 Å². The molecule has 1 aromatic rings. The van der Waals surface area contributed by atoms with Crippen LogP contribution >= 0.6 is 0 Å². The number of hydrogen-bond acceptors (Lipinski definition) is 3. The molecule has 2 N–H and O–H groups in total. The average molecular weight is 317 g/mol. The molecule has 1 saturated heterocycles. The minimum absolute atomic E-state index is 0.0739. The maximum atomic E-state index is 12.2. The van der Waals surface area contributed by atoms with Gasteiger partial charge in [0.25, 0.3) is 0 Å². The van der Waals surface area contributed by atoms with E-state index in [9.17, 15) is 9.59 Å². The third-order valence-corrected chi connectivity index (χ3v) is 4.97. The second-order valence-electron chi connectivity index (χ2n) is 6.47. The van der Waals surface area contributed by atoms with Crippen molar-refractivity contribution in [2.45, 2.75) is 50.7 Å². The lowest BCUT2D eigenvalue weighted by atomic mass is 9.81. The van der Waals surface area contributed by atoms with E-state index in [2.05, 4.69) is 5.32 Å². The normalized spacial score (nSPS) is 26.5. The van der Waals surface area contributed by atoms with Crippen molar-refractivity contribution in [3.05, 3.63) is 35.4 Å². The number of carbonyl (C=O) groups excluding carboxylic acids is 1. The zero-order valence-electron chi connectivity index (χ0n) is 13.2. The number of amides is 1. The zero-order valence-corrected chi connectivity index (χ0v) is 13.2. The number of nitrogens with one attached hydrogen (secondary N) is 1. The van der Waals surface area contributed by atoms with Gasteiger partial charge in [0.1, 0.15) is 0 Å². The molecule has 23 heavy (non-hydrogen) atoms. The van der Waals surface area contributed by atoms with Gasteiger partial charge in [-0.3, -0.25) is 4.79 Å². The van der Waals surface area contributed by atoms with Crippen LogP contribution in [0.2, 0.25) is 0 Å². The van der Waals surface area contributed by atoms with E-state index in [1.165, 1.54) is 0 Å². The minimum Gasteiger partial charge on any atom is -0.478 e. The Morgan fingerprint density at radius 2 is 1.96 bits per heavy atom. The van der Waals surface area contributed by atoms with E-state index < -0.39 is 5.97 Å². The van der Waals surface area contributed by atoms with Crippen LogP contribution < -0.4 is 5.32 Å². The Morgan fingerprint density at radius 3 is 2.70 bits per heavy atom. The number of carboxylic acid groups (broad SMARTS) is 1. The fourth-order valence-corrected chi connectivity index (χ4v) is 3.71. The smallest absolute Gasteiger partial charge is 0.335 e. The van der Waals surface area contributed by atoms with E-state index in [1.54, 1.807) is 24.3 Å². The van der Waals surface area contributed by atoms with Gasteiger partial charge in [-0.05, 0) is 49.8 Å². The summed E-state index contributed by atoms with van der Waals surface area (Å²) in [4.78, 5) is 23.0. The lowest BCUT2D eigenvalue weighted by molar-refractivity contribution is -0.122. The van der Waals surface area contributed by atoms with Crippen molar-refractivity contribution in [2.75, 3.05) is 6.61 Å². The van der Waals surface area contributed by atoms with Crippen molar-refractivity contribution < 1.29 is 19.4 Å². The van der Waals surface area contributed by atoms with Crippen molar-refractivity contribution >= 4 is 11.9 Å². The molecule has 0 spiro atoms. The number of hydrogen-bond donors (Lipinski definition) is 2. The Bertz CT molecular complexity index is 569. The van der Waals surface area contributed by atoms with Crippen LogP contribution in [0.1, 0.15) is 48.0 Å². The van der Waals surface area contributed by atoms with E-state index in [0.29, 0.717) is 24.9 Å². The highest BCUT2D eigenvalue weighted by atomic mass is 16.5. The Hall–Kier alpha value is -1.88. The van der Waals surface area contributed by atoms with Gasteiger partial charge in [0, 0.05) is 25.0 Å². The fraction of sp³-hybridized carbons (Fsp3) is 0.556. The highest BCUT2D eigenvalue weighted by Crippen LogP contribution is 2.34. The standard InChI is InChI=1S/C18H23NO4/c20-17(9-6-12-4-7-13(8-5-12)18(21)22)19-15-2-1-3-16-14(15)10-11-23-16/h4-5,7-8,14-16H,1-3,6,9-11H2,(H,19,20)(H,21,22). The van der Waals surface area contributed by atoms with E-state index in [4.69, 9.17) is 9.84 Å². The Morgan fingerprint density at radius 1 is 1.17 bits per heavy atom. The predicted octanol–water partition coefficient (Wildman–Crippen LogP) is 2.39. The van der Waals surface area contributed by atoms with Crippen LogP contribution in [0.3, 0.4) is 0 Å². The van der Waals surface area contributed by atoms with Gasteiger partial charge in [-0.2, -0.15) is 0 Å². The van der Waals surface area contributed by atoms with Crippen LogP contribution in [0.5, 0.6) is 0 Å². The topological polar surface area (TPSA) is 75.6 Å². The molecule has 1 aromatic carbocycles. The number of carboxylic acids is 1. The molecule has 1 aliphatic carbocycles. The molecule has 5 heteroatoms. The molecule has 0 aromatic heterocycles. The molecule has 3 unspecified atom stereocenters. The number of aromatic carboxylic acids is 1. The second kappa shape index (κ2) is 7.13. The number of benzene rings is 1. The van der Waals surface area contributed by atoms with Crippen molar-refractivity contribution in [3.63, 3.8) is 0 Å². The average Bonchev–Trinajstić information content (AvgIpc) is 3.03. The lowest BCUT2D eigenvalue weighted by Crippen LogP contribution is -2.45. The molecule has 2 aliphatic rings. The molecule has 1 saturated carbocycles. The van der Waals surface area contributed by atoms with Crippen LogP contribution in [0.15, 0.2) is 24.3 Å². The van der Waals surface area contributed by atoms with Crippen LogP contribution in [-0.2, 0) is 16.0 Å². The Labute approximate surface area is 136 Å². The summed E-state index contributed by atoms with van der Waals surface area (Å²) in [5.74, 6) is -0.382. The summed E-state index contributed by atoms with van der Waals surface area (Å²) in [6.07, 6.45) is 5.72. The molecule has 1 heterocycles. The third kappa shape index (κ3) is 3.91. The summed E-state index contributed by atoms with van der Waals surface area (Å²) in [6, 6.07) is 6.96. The van der Waals surface area contributed by atoms with Gasteiger partial charge in [0.05, 0.1) is 11.7 Å². The number of ether oxygens (including phenoxy) is 1. The Balaban J connectivity index is 1.48. The van der Waals surface area contributed by atoms with E-state index in [1.807, 2.05) is 0 Å². The first-order chi connectivity index (χ1) is 11.1. The first-order valence-corrected chi connectivity index (χ1v) is 8.36. The molecule has 0 radical (unpaired) electrons. The highest BCUT2D eigenvalue weighted by Gasteiger charge is 2.38. The number of fused-ring (bicyclic) bond motifs is 1. The second-order valence-corrected chi connectivity index (χ2v) is 6.47. The predicted molar refractivity (Wildman–Crippen MR) is 85.4 cm³/mol. The molecule has 3 atom stereocenters. The van der Waals surface area contributed by atoms with Gasteiger partial charge in [0.15, 0.2) is 0 Å². The zero-order chi connectivity index (χ0) is 16.2. The molecule has 0 bridgehead atoms. The maximum absolute atomic E-state index is 12.2. The number of aryl methyl sites for hydroxylation is 1. The number of carbonyl (C=O) groups is 2. The summed E-state index contributed by atoms with van der Waals surface area (Å²) >= 11 is 0. The van der Waals surface area contributed by atoms with Gasteiger partial charge in [-0.15, -0.1) is 0 Å². The molecule has 5 nitrogen and oxygen atoms in total. The quantitative estimate of drug-likeness (QED) is 0.874. The molecular weight excluding hydrogens is 294 g/mol. The molecule has 1 amide bonds. The molecular formula is C18H23NO4. The first kappa shape index (κ1) is 16.0. The molecule has 3 rings (SSSR count). The van der Waals surface area contributed by atoms with Crippen LogP contribution in [0, 0.1) is 5.92 Å². The van der Waals surface area contributed by atoms with Crippen molar-refractivity contribution in [1.29, 1.82) is 0 Å². The molecule has 1 aliphatic heterocycles. The SMILES string of the molecule is O=C(CCc1ccc(C(=O)O)cc1)NC1CCCC2OCCC12. The third-order valence-electron chi connectivity index (χ3n) is 4.97. The summed E-state index contributed by atoms with van der Waals surface area (Å²) in [7, 11) is 0. The van der Waals surface area contributed by atoms with E-state index in [-0.39, 0.29) is 17.5 Å². The van der Waals surface area contributed by atoms with E-state index >= 15 is 0 Å². The van der Waals surface area contributed by atoms with Crippen molar-refractivity contribution in [3.8, 4) is 0 Å². The first-order valence-electron chi connectivity index (χ1n) is 8.36. The van der Waals surface area contributed by atoms with Crippen LogP contribution in [-0.4, -0.2) is 35.7 Å². The van der Waals surface area contributed by atoms with Crippen LogP contribution in [0.25, 0.3) is 0 Å². The number of rotatable bonds is 5. The van der Waals surface area contributed by atoms with Gasteiger partial charge >= 0.3 is 5.97 Å². The van der Waals surface area contributed by atoms with Crippen molar-refractivity contribution in [1.82, 2.24) is 5.32 Å². The fourth-order valence-electron chi connectivity index (χ4n) is 3.71. The Kier molecular flexibility index (Phi) is 4.96. The molecule has 124 valence electrons. The monoisotopic (exact) mass is 317 g/mol. The van der Waals surface area contributed by atoms with Crippen LogP contribution in [0.4, 0.5) is 0 Å².